The molecule has 0 unspecified atom stereocenters. The Morgan fingerprint density at radius 2 is 1.96 bits per heavy atom. The highest BCUT2D eigenvalue weighted by Crippen LogP contribution is 2.34. The van der Waals surface area contributed by atoms with E-state index in [-0.39, 0.29) is 5.91 Å². The first kappa shape index (κ1) is 19.8. The normalized spacial score (nSPS) is 14.9. The van der Waals surface area contributed by atoms with Gasteiger partial charge >= 0.3 is 0 Å². The fourth-order valence-corrected chi connectivity index (χ4v) is 4.51. The Bertz CT molecular complexity index is 739. The molecule has 2 aromatic rings. The zero-order valence-corrected chi connectivity index (χ0v) is 17.1. The van der Waals surface area contributed by atoms with Gasteiger partial charge in [0.2, 0.25) is 5.91 Å². The summed E-state index contributed by atoms with van der Waals surface area (Å²) in [5, 5.41) is 3.90. The van der Waals surface area contributed by atoms with Crippen molar-refractivity contribution in [2.24, 2.45) is 0 Å². The highest BCUT2D eigenvalue weighted by Gasteiger charge is 2.22. The molecule has 146 valence electrons. The number of thioether (sulfide) groups is 1. The van der Waals surface area contributed by atoms with Crippen molar-refractivity contribution in [3.8, 4) is 5.75 Å². The Labute approximate surface area is 165 Å². The number of benzene rings is 1. The molecule has 1 aromatic heterocycles. The number of amides is 1. The number of nitrogens with zero attached hydrogens (tertiary/aromatic N) is 2. The fraction of sp³-hybridized carbons (Fsp3) is 0.524. The van der Waals surface area contributed by atoms with Crippen LogP contribution in [0.5, 0.6) is 5.75 Å². The van der Waals surface area contributed by atoms with E-state index in [2.05, 4.69) is 23.7 Å². The molecule has 1 aliphatic carbocycles. The second kappa shape index (κ2) is 9.83. The Hall–Kier alpha value is -1.95. The van der Waals surface area contributed by atoms with Crippen molar-refractivity contribution in [2.75, 3.05) is 18.9 Å². The number of carbonyl (C=O) groups is 1. The SMILES string of the molecule is Cc1nc(SCC(=O)NCCOc2ccccc2)n(C2CCCCC2)c1C. The average Bonchev–Trinajstić information content (AvgIpc) is 2.99. The first-order chi connectivity index (χ1) is 13.1. The second-order valence-electron chi connectivity index (χ2n) is 7.03. The summed E-state index contributed by atoms with van der Waals surface area (Å²) in [6.07, 6.45) is 6.33. The number of imidazole rings is 1. The van der Waals surface area contributed by atoms with Crippen LogP contribution in [0.4, 0.5) is 0 Å². The molecule has 0 bridgehead atoms. The largest absolute Gasteiger partial charge is 0.492 e. The minimum atomic E-state index is 0.0187. The number of carbonyl (C=O) groups excluding carboxylic acids is 1. The number of para-hydroxylation sites is 1. The molecule has 0 spiro atoms. The van der Waals surface area contributed by atoms with Gasteiger partial charge in [0.15, 0.2) is 5.16 Å². The molecule has 0 atom stereocenters. The quantitative estimate of drug-likeness (QED) is 0.542. The number of aryl methyl sites for hydroxylation is 1. The highest BCUT2D eigenvalue weighted by molar-refractivity contribution is 7.99. The maximum atomic E-state index is 12.2. The molecule has 1 amide bonds. The first-order valence-electron chi connectivity index (χ1n) is 9.78. The van der Waals surface area contributed by atoms with Crippen LogP contribution >= 0.6 is 11.8 Å². The summed E-state index contributed by atoms with van der Waals surface area (Å²) in [7, 11) is 0. The molecule has 27 heavy (non-hydrogen) atoms. The van der Waals surface area contributed by atoms with E-state index in [0.29, 0.717) is 24.9 Å². The van der Waals surface area contributed by atoms with Crippen molar-refractivity contribution < 1.29 is 9.53 Å². The van der Waals surface area contributed by atoms with Gasteiger partial charge in [-0.1, -0.05) is 49.2 Å². The molecule has 0 radical (unpaired) electrons. The third-order valence-electron chi connectivity index (χ3n) is 5.06. The molecule has 1 saturated carbocycles. The maximum absolute atomic E-state index is 12.2. The van der Waals surface area contributed by atoms with Crippen molar-refractivity contribution in [1.82, 2.24) is 14.9 Å². The van der Waals surface area contributed by atoms with E-state index >= 15 is 0 Å². The van der Waals surface area contributed by atoms with Crippen LogP contribution in [0.2, 0.25) is 0 Å². The fourth-order valence-electron chi connectivity index (χ4n) is 3.52. The lowest BCUT2D eigenvalue weighted by Crippen LogP contribution is -2.29. The average molecular weight is 388 g/mol. The monoisotopic (exact) mass is 387 g/mol. The van der Waals surface area contributed by atoms with Crippen LogP contribution in [-0.2, 0) is 4.79 Å². The summed E-state index contributed by atoms with van der Waals surface area (Å²) in [4.78, 5) is 16.9. The van der Waals surface area contributed by atoms with Crippen molar-refractivity contribution >= 4 is 17.7 Å². The molecule has 1 aliphatic rings. The third-order valence-corrected chi connectivity index (χ3v) is 6.02. The predicted octanol–water partition coefficient (Wildman–Crippen LogP) is 4.29. The van der Waals surface area contributed by atoms with Gasteiger partial charge in [-0.2, -0.15) is 0 Å². The summed E-state index contributed by atoms with van der Waals surface area (Å²) < 4.78 is 7.96. The van der Waals surface area contributed by atoms with Gasteiger partial charge in [0, 0.05) is 11.7 Å². The molecule has 5 nitrogen and oxygen atoms in total. The van der Waals surface area contributed by atoms with E-state index in [1.807, 2.05) is 30.3 Å². The Morgan fingerprint density at radius 1 is 1.22 bits per heavy atom. The summed E-state index contributed by atoms with van der Waals surface area (Å²) in [5.74, 6) is 1.22. The predicted molar refractivity (Wildman–Crippen MR) is 109 cm³/mol. The maximum Gasteiger partial charge on any atom is 0.230 e. The molecule has 0 saturated heterocycles. The van der Waals surface area contributed by atoms with E-state index in [1.54, 1.807) is 0 Å². The third kappa shape index (κ3) is 5.51. The Morgan fingerprint density at radius 3 is 2.70 bits per heavy atom. The molecule has 6 heteroatoms. The van der Waals surface area contributed by atoms with E-state index in [0.717, 1.165) is 16.6 Å². The van der Waals surface area contributed by atoms with Gasteiger partial charge in [0.25, 0.3) is 0 Å². The van der Waals surface area contributed by atoms with Crippen LogP contribution in [0.1, 0.15) is 49.5 Å². The van der Waals surface area contributed by atoms with Gasteiger partial charge in [-0.05, 0) is 38.8 Å². The Kier molecular flexibility index (Phi) is 7.21. The van der Waals surface area contributed by atoms with Gasteiger partial charge in [0.05, 0.1) is 18.0 Å². The summed E-state index contributed by atoms with van der Waals surface area (Å²) in [6.45, 7) is 5.17. The van der Waals surface area contributed by atoms with Crippen LogP contribution in [-0.4, -0.2) is 34.4 Å². The topological polar surface area (TPSA) is 56.1 Å². The van der Waals surface area contributed by atoms with Crippen molar-refractivity contribution in [1.29, 1.82) is 0 Å². The van der Waals surface area contributed by atoms with E-state index < -0.39 is 0 Å². The second-order valence-corrected chi connectivity index (χ2v) is 7.97. The van der Waals surface area contributed by atoms with E-state index in [4.69, 9.17) is 9.72 Å². The molecular weight excluding hydrogens is 358 g/mol. The molecule has 3 rings (SSSR count). The standard InChI is InChI=1S/C21H29N3O2S/c1-16-17(2)24(18-9-5-3-6-10-18)21(23-16)27-15-20(25)22-13-14-26-19-11-7-4-8-12-19/h4,7-8,11-12,18H,3,5-6,9-10,13-15H2,1-2H3,(H,22,25). The minimum Gasteiger partial charge on any atom is -0.492 e. The molecule has 1 fully saturated rings. The molecular formula is C21H29N3O2S. The number of ether oxygens (including phenoxy) is 1. The summed E-state index contributed by atoms with van der Waals surface area (Å²) >= 11 is 1.54. The first-order valence-corrected chi connectivity index (χ1v) is 10.8. The number of hydrogen-bond acceptors (Lipinski definition) is 4. The van der Waals surface area contributed by atoms with Gasteiger partial charge in [0.1, 0.15) is 12.4 Å². The lowest BCUT2D eigenvalue weighted by Gasteiger charge is -2.26. The molecule has 1 heterocycles. The van der Waals surface area contributed by atoms with Crippen LogP contribution in [0.25, 0.3) is 0 Å². The van der Waals surface area contributed by atoms with Crippen LogP contribution in [0.15, 0.2) is 35.5 Å². The lowest BCUT2D eigenvalue weighted by molar-refractivity contribution is -0.118. The number of nitrogens with one attached hydrogen (secondary N) is 1. The minimum absolute atomic E-state index is 0.0187. The van der Waals surface area contributed by atoms with Crippen molar-refractivity contribution in [3.05, 3.63) is 41.7 Å². The van der Waals surface area contributed by atoms with Crippen molar-refractivity contribution in [3.63, 3.8) is 0 Å². The molecule has 0 aliphatic heterocycles. The Balaban J connectivity index is 1.46. The number of hydrogen-bond donors (Lipinski definition) is 1. The molecule has 1 aromatic carbocycles. The number of aromatic nitrogens is 2. The smallest absolute Gasteiger partial charge is 0.230 e. The molecule has 1 N–H and O–H groups in total. The zero-order chi connectivity index (χ0) is 19.1. The van der Waals surface area contributed by atoms with Crippen molar-refractivity contribution in [2.45, 2.75) is 57.1 Å². The number of rotatable bonds is 8. The summed E-state index contributed by atoms with van der Waals surface area (Å²) in [5.41, 5.74) is 2.31. The van der Waals surface area contributed by atoms with Crippen LogP contribution < -0.4 is 10.1 Å². The lowest BCUT2D eigenvalue weighted by atomic mass is 9.95. The van der Waals surface area contributed by atoms with Gasteiger partial charge in [-0.3, -0.25) is 4.79 Å². The van der Waals surface area contributed by atoms with Gasteiger partial charge in [-0.15, -0.1) is 0 Å². The zero-order valence-electron chi connectivity index (χ0n) is 16.2. The van der Waals surface area contributed by atoms with Crippen LogP contribution in [0.3, 0.4) is 0 Å². The highest BCUT2D eigenvalue weighted by atomic mass is 32.2. The van der Waals surface area contributed by atoms with E-state index in [9.17, 15) is 4.79 Å². The van der Waals surface area contributed by atoms with E-state index in [1.165, 1.54) is 49.6 Å². The van der Waals surface area contributed by atoms with Crippen LogP contribution in [0, 0.1) is 13.8 Å². The summed E-state index contributed by atoms with van der Waals surface area (Å²) in [6, 6.07) is 10.2. The van der Waals surface area contributed by atoms with Gasteiger partial charge in [-0.25, -0.2) is 4.98 Å². The van der Waals surface area contributed by atoms with Gasteiger partial charge < -0.3 is 14.6 Å².